The second-order valence-corrected chi connectivity index (χ2v) is 5.24. The van der Waals surface area contributed by atoms with Crippen molar-refractivity contribution in [2.45, 2.75) is 0 Å². The molecular weight excluding hydrogens is 321 g/mol. The van der Waals surface area contributed by atoms with Crippen LogP contribution in [0.2, 0.25) is 0 Å². The number of aromatic nitrogens is 1. The first kappa shape index (κ1) is 12.9. The molecule has 0 bridgehead atoms. The van der Waals surface area contributed by atoms with E-state index in [0.29, 0.717) is 10.2 Å². The molecular formula is C15H11BrFN3. The first-order valence-electron chi connectivity index (χ1n) is 6.00. The van der Waals surface area contributed by atoms with Crippen molar-refractivity contribution in [3.05, 3.63) is 59.0 Å². The van der Waals surface area contributed by atoms with Crippen LogP contribution in [-0.4, -0.2) is 4.98 Å². The smallest absolute Gasteiger partial charge is 0.137 e. The predicted molar refractivity (Wildman–Crippen MR) is 83.5 cm³/mol. The molecule has 0 radical (unpaired) electrons. The van der Waals surface area contributed by atoms with Crippen molar-refractivity contribution in [2.75, 3.05) is 11.1 Å². The molecule has 0 saturated carbocycles. The molecule has 100 valence electrons. The molecule has 0 fully saturated rings. The quantitative estimate of drug-likeness (QED) is 0.681. The van der Waals surface area contributed by atoms with E-state index in [1.807, 2.05) is 24.3 Å². The molecule has 0 unspecified atom stereocenters. The molecule has 0 amide bonds. The zero-order valence-electron chi connectivity index (χ0n) is 10.4. The zero-order chi connectivity index (χ0) is 14.1. The Labute approximate surface area is 123 Å². The summed E-state index contributed by atoms with van der Waals surface area (Å²) < 4.78 is 13.7. The molecule has 0 aliphatic heterocycles. The van der Waals surface area contributed by atoms with Gasteiger partial charge in [-0.2, -0.15) is 0 Å². The van der Waals surface area contributed by atoms with E-state index in [0.717, 1.165) is 22.3 Å². The normalized spacial score (nSPS) is 10.7. The first-order chi connectivity index (χ1) is 9.63. The number of nitrogens with zero attached hydrogens (tertiary/aromatic N) is 1. The molecule has 3 N–H and O–H groups in total. The number of pyridine rings is 1. The molecule has 1 heterocycles. The summed E-state index contributed by atoms with van der Waals surface area (Å²) in [5.74, 6) is -0.289. The number of nitrogens with one attached hydrogen (secondary N) is 1. The van der Waals surface area contributed by atoms with Crippen LogP contribution in [0.25, 0.3) is 10.9 Å². The molecule has 3 nitrogen and oxygen atoms in total. The van der Waals surface area contributed by atoms with E-state index >= 15 is 0 Å². The second-order valence-electron chi connectivity index (χ2n) is 4.39. The molecule has 0 saturated heterocycles. The van der Waals surface area contributed by atoms with Gasteiger partial charge < -0.3 is 11.1 Å². The van der Waals surface area contributed by atoms with Gasteiger partial charge in [-0.15, -0.1) is 0 Å². The van der Waals surface area contributed by atoms with Gasteiger partial charge in [-0.3, -0.25) is 4.98 Å². The molecule has 0 atom stereocenters. The largest absolute Gasteiger partial charge is 0.399 e. The lowest BCUT2D eigenvalue weighted by Crippen LogP contribution is -1.94. The van der Waals surface area contributed by atoms with E-state index in [1.54, 1.807) is 18.3 Å². The topological polar surface area (TPSA) is 50.9 Å². The Morgan fingerprint density at radius 1 is 1.10 bits per heavy atom. The van der Waals surface area contributed by atoms with Gasteiger partial charge in [0.05, 0.1) is 9.99 Å². The average Bonchev–Trinajstić information content (AvgIpc) is 2.43. The minimum absolute atomic E-state index is 0.289. The second kappa shape index (κ2) is 5.09. The number of halogens is 2. The van der Waals surface area contributed by atoms with Crippen molar-refractivity contribution in [1.29, 1.82) is 0 Å². The molecule has 1 aromatic heterocycles. The Kier molecular flexibility index (Phi) is 3.28. The van der Waals surface area contributed by atoms with Gasteiger partial charge in [-0.05, 0) is 58.4 Å². The third kappa shape index (κ3) is 2.44. The minimum atomic E-state index is -0.289. The van der Waals surface area contributed by atoms with Crippen LogP contribution in [0.3, 0.4) is 0 Å². The number of hydrogen-bond donors (Lipinski definition) is 2. The summed E-state index contributed by atoms with van der Waals surface area (Å²) in [6, 6.07) is 12.2. The maximum atomic E-state index is 13.2. The highest BCUT2D eigenvalue weighted by Gasteiger charge is 2.05. The number of benzene rings is 2. The molecule has 2 aromatic carbocycles. The zero-order valence-corrected chi connectivity index (χ0v) is 12.0. The average molecular weight is 332 g/mol. The van der Waals surface area contributed by atoms with Gasteiger partial charge in [0.25, 0.3) is 0 Å². The number of nitrogens with two attached hydrogens (primary N) is 1. The van der Waals surface area contributed by atoms with Crippen molar-refractivity contribution in [2.24, 2.45) is 0 Å². The van der Waals surface area contributed by atoms with E-state index in [1.165, 1.54) is 6.07 Å². The summed E-state index contributed by atoms with van der Waals surface area (Å²) in [5.41, 5.74) is 8.93. The summed E-state index contributed by atoms with van der Waals surface area (Å²) >= 11 is 3.17. The van der Waals surface area contributed by atoms with Crippen molar-refractivity contribution >= 4 is 43.9 Å². The number of fused-ring (bicyclic) bond motifs is 1. The van der Waals surface area contributed by atoms with Crippen LogP contribution in [0.5, 0.6) is 0 Å². The fraction of sp³-hybridized carbons (Fsp3) is 0. The summed E-state index contributed by atoms with van der Waals surface area (Å²) in [5, 5.41) is 4.22. The fourth-order valence-corrected chi connectivity index (χ4v) is 2.38. The van der Waals surface area contributed by atoms with Crippen LogP contribution in [0.1, 0.15) is 0 Å². The van der Waals surface area contributed by atoms with E-state index in [9.17, 15) is 4.39 Å². The highest BCUT2D eigenvalue weighted by Crippen LogP contribution is 2.28. The van der Waals surface area contributed by atoms with Crippen LogP contribution in [-0.2, 0) is 0 Å². The van der Waals surface area contributed by atoms with Gasteiger partial charge in [0.15, 0.2) is 0 Å². The Bertz CT molecular complexity index is 789. The minimum Gasteiger partial charge on any atom is -0.399 e. The summed E-state index contributed by atoms with van der Waals surface area (Å²) in [6.07, 6.45) is 1.71. The van der Waals surface area contributed by atoms with Crippen LogP contribution >= 0.6 is 15.9 Å². The van der Waals surface area contributed by atoms with Gasteiger partial charge in [0, 0.05) is 28.6 Å². The molecule has 5 heteroatoms. The number of anilines is 3. The van der Waals surface area contributed by atoms with Gasteiger partial charge >= 0.3 is 0 Å². The molecule has 0 aliphatic carbocycles. The highest BCUT2D eigenvalue weighted by molar-refractivity contribution is 9.10. The third-order valence-corrected chi connectivity index (χ3v) is 3.57. The molecule has 0 spiro atoms. The highest BCUT2D eigenvalue weighted by atomic mass is 79.9. The lowest BCUT2D eigenvalue weighted by Gasteiger charge is -2.10. The van der Waals surface area contributed by atoms with Gasteiger partial charge in [0.2, 0.25) is 0 Å². The summed E-state index contributed by atoms with van der Waals surface area (Å²) in [6.45, 7) is 0. The standard InChI is InChI=1S/C15H11BrFN3/c16-12-8-10(2-4-13(12)17)20-14-5-6-19-15-7-9(18)1-3-11(14)15/h1-8H,18H2,(H,19,20). The molecule has 20 heavy (non-hydrogen) atoms. The van der Waals surface area contributed by atoms with Crippen LogP contribution in [0, 0.1) is 5.82 Å². The van der Waals surface area contributed by atoms with E-state index in [4.69, 9.17) is 5.73 Å². The fourth-order valence-electron chi connectivity index (χ4n) is 2.00. The third-order valence-electron chi connectivity index (χ3n) is 2.97. The maximum Gasteiger partial charge on any atom is 0.137 e. The Balaban J connectivity index is 2.04. The molecule has 0 aliphatic rings. The summed E-state index contributed by atoms with van der Waals surface area (Å²) in [7, 11) is 0. The van der Waals surface area contributed by atoms with Crippen molar-refractivity contribution in [3.63, 3.8) is 0 Å². The van der Waals surface area contributed by atoms with Gasteiger partial charge in [-0.1, -0.05) is 0 Å². The number of nitrogen functional groups attached to an aromatic ring is 1. The Morgan fingerprint density at radius 2 is 1.95 bits per heavy atom. The molecule has 3 aromatic rings. The lowest BCUT2D eigenvalue weighted by molar-refractivity contribution is 0.621. The monoisotopic (exact) mass is 331 g/mol. The Morgan fingerprint density at radius 3 is 2.75 bits per heavy atom. The predicted octanol–water partition coefficient (Wildman–Crippen LogP) is 4.46. The first-order valence-corrected chi connectivity index (χ1v) is 6.79. The van der Waals surface area contributed by atoms with Crippen molar-refractivity contribution in [3.8, 4) is 0 Å². The lowest BCUT2D eigenvalue weighted by atomic mass is 10.1. The SMILES string of the molecule is Nc1ccc2c(Nc3ccc(F)c(Br)c3)ccnc2c1. The maximum absolute atomic E-state index is 13.2. The van der Waals surface area contributed by atoms with E-state index in [-0.39, 0.29) is 5.82 Å². The van der Waals surface area contributed by atoms with Gasteiger partial charge in [0.1, 0.15) is 5.82 Å². The van der Waals surface area contributed by atoms with E-state index in [2.05, 4.69) is 26.2 Å². The van der Waals surface area contributed by atoms with Crippen LogP contribution in [0.4, 0.5) is 21.5 Å². The Hall–Kier alpha value is -2.14. The van der Waals surface area contributed by atoms with Crippen molar-refractivity contribution in [1.82, 2.24) is 4.98 Å². The van der Waals surface area contributed by atoms with Gasteiger partial charge in [-0.25, -0.2) is 4.39 Å². The number of hydrogen-bond acceptors (Lipinski definition) is 3. The van der Waals surface area contributed by atoms with Crippen LogP contribution < -0.4 is 11.1 Å². The van der Waals surface area contributed by atoms with E-state index < -0.39 is 0 Å². The number of rotatable bonds is 2. The summed E-state index contributed by atoms with van der Waals surface area (Å²) in [4.78, 5) is 4.29. The van der Waals surface area contributed by atoms with Crippen molar-refractivity contribution < 1.29 is 4.39 Å². The van der Waals surface area contributed by atoms with Crippen LogP contribution in [0.15, 0.2) is 53.1 Å². The molecule has 3 rings (SSSR count).